The summed E-state index contributed by atoms with van der Waals surface area (Å²) in [4.78, 5) is 15.9. The van der Waals surface area contributed by atoms with Crippen molar-refractivity contribution in [2.45, 2.75) is 38.3 Å². The van der Waals surface area contributed by atoms with Crippen molar-refractivity contribution in [2.24, 2.45) is 7.05 Å². The highest BCUT2D eigenvalue weighted by molar-refractivity contribution is 5.92. The number of amides is 1. The molecule has 1 amide bonds. The molecule has 0 aliphatic carbocycles. The van der Waals surface area contributed by atoms with Crippen molar-refractivity contribution in [3.05, 3.63) is 18.2 Å². The number of rotatable bonds is 3. The topological polar surface area (TPSA) is 59.0 Å². The average Bonchev–Trinajstić information content (AvgIpc) is 2.76. The normalized spacial score (nSPS) is 22.1. The third-order valence-corrected chi connectivity index (χ3v) is 3.36. The van der Waals surface area contributed by atoms with E-state index in [1.807, 2.05) is 7.05 Å². The third kappa shape index (κ3) is 2.85. The van der Waals surface area contributed by atoms with Crippen molar-refractivity contribution in [2.75, 3.05) is 6.54 Å². The molecule has 17 heavy (non-hydrogen) atoms. The van der Waals surface area contributed by atoms with Gasteiger partial charge in [0.1, 0.15) is 5.69 Å². The third-order valence-electron chi connectivity index (χ3n) is 3.36. The summed E-state index contributed by atoms with van der Waals surface area (Å²) in [5, 5.41) is 6.48. The molecule has 0 spiro atoms. The fourth-order valence-electron chi connectivity index (χ4n) is 2.26. The van der Waals surface area contributed by atoms with Crippen molar-refractivity contribution < 1.29 is 4.79 Å². The SMILES string of the molecule is CC(NC(=O)c1cncn1C)C1CCCCN1. The number of aryl methyl sites for hydroxylation is 1. The minimum absolute atomic E-state index is 0.0510. The molecule has 2 atom stereocenters. The molecule has 1 aliphatic rings. The summed E-state index contributed by atoms with van der Waals surface area (Å²) < 4.78 is 1.73. The molecule has 0 bridgehead atoms. The van der Waals surface area contributed by atoms with Crippen molar-refractivity contribution in [3.8, 4) is 0 Å². The lowest BCUT2D eigenvalue weighted by molar-refractivity contribution is 0.0920. The molecular formula is C12H20N4O. The molecule has 0 aromatic carbocycles. The fraction of sp³-hybridized carbons (Fsp3) is 0.667. The van der Waals surface area contributed by atoms with E-state index in [-0.39, 0.29) is 11.9 Å². The summed E-state index contributed by atoms with van der Waals surface area (Å²) in [6.45, 7) is 3.11. The molecule has 1 aliphatic heterocycles. The zero-order valence-electron chi connectivity index (χ0n) is 10.4. The van der Waals surface area contributed by atoms with Crippen LogP contribution in [0.1, 0.15) is 36.7 Å². The first-order chi connectivity index (χ1) is 8.18. The Morgan fingerprint density at radius 3 is 3.06 bits per heavy atom. The van der Waals surface area contributed by atoms with Gasteiger partial charge in [0.2, 0.25) is 0 Å². The molecule has 0 saturated carbocycles. The number of imidazole rings is 1. The van der Waals surface area contributed by atoms with Gasteiger partial charge in [0.25, 0.3) is 5.91 Å². The second-order valence-electron chi connectivity index (χ2n) is 4.71. The molecule has 1 aromatic heterocycles. The summed E-state index contributed by atoms with van der Waals surface area (Å²) in [5.41, 5.74) is 0.604. The molecule has 1 saturated heterocycles. The number of nitrogens with one attached hydrogen (secondary N) is 2. The molecule has 1 fully saturated rings. The standard InChI is InChI=1S/C12H20N4O/c1-9(10-5-3-4-6-14-10)15-12(17)11-7-13-8-16(11)2/h7-10,14H,3-6H2,1-2H3,(H,15,17). The van der Waals surface area contributed by atoms with Gasteiger partial charge in [0.05, 0.1) is 12.5 Å². The van der Waals surface area contributed by atoms with Crippen LogP contribution in [0.5, 0.6) is 0 Å². The van der Waals surface area contributed by atoms with E-state index in [2.05, 4.69) is 22.5 Å². The van der Waals surface area contributed by atoms with Gasteiger partial charge in [-0.2, -0.15) is 0 Å². The predicted octanol–water partition coefficient (Wildman–Crippen LogP) is 0.680. The minimum Gasteiger partial charge on any atom is -0.347 e. The summed E-state index contributed by atoms with van der Waals surface area (Å²) in [5.74, 6) is -0.0510. The molecule has 2 rings (SSSR count). The number of hydrogen-bond acceptors (Lipinski definition) is 3. The first kappa shape index (κ1) is 12.1. The highest BCUT2D eigenvalue weighted by Crippen LogP contribution is 2.10. The minimum atomic E-state index is -0.0510. The largest absolute Gasteiger partial charge is 0.347 e. The van der Waals surface area contributed by atoms with E-state index in [1.54, 1.807) is 17.1 Å². The van der Waals surface area contributed by atoms with Gasteiger partial charge in [-0.25, -0.2) is 4.98 Å². The highest BCUT2D eigenvalue weighted by Gasteiger charge is 2.22. The van der Waals surface area contributed by atoms with Crippen LogP contribution in [-0.2, 0) is 7.05 Å². The van der Waals surface area contributed by atoms with Gasteiger partial charge in [-0.15, -0.1) is 0 Å². The van der Waals surface area contributed by atoms with Gasteiger partial charge in [0.15, 0.2) is 0 Å². The quantitative estimate of drug-likeness (QED) is 0.811. The first-order valence-electron chi connectivity index (χ1n) is 6.19. The van der Waals surface area contributed by atoms with Gasteiger partial charge < -0.3 is 15.2 Å². The van der Waals surface area contributed by atoms with Gasteiger partial charge in [-0.1, -0.05) is 6.42 Å². The molecule has 94 valence electrons. The zero-order valence-corrected chi connectivity index (χ0v) is 10.4. The van der Waals surface area contributed by atoms with Crippen LogP contribution >= 0.6 is 0 Å². The van der Waals surface area contributed by atoms with Crippen molar-refractivity contribution in [1.82, 2.24) is 20.2 Å². The van der Waals surface area contributed by atoms with E-state index in [4.69, 9.17) is 0 Å². The molecule has 5 nitrogen and oxygen atoms in total. The first-order valence-corrected chi connectivity index (χ1v) is 6.19. The van der Waals surface area contributed by atoms with E-state index in [1.165, 1.54) is 12.8 Å². The average molecular weight is 236 g/mol. The van der Waals surface area contributed by atoms with Crippen LogP contribution in [0.25, 0.3) is 0 Å². The Kier molecular flexibility index (Phi) is 3.78. The number of aromatic nitrogens is 2. The van der Waals surface area contributed by atoms with Gasteiger partial charge in [0, 0.05) is 19.1 Å². The van der Waals surface area contributed by atoms with Crippen LogP contribution in [0.4, 0.5) is 0 Å². The van der Waals surface area contributed by atoms with Crippen LogP contribution in [-0.4, -0.2) is 34.1 Å². The van der Waals surface area contributed by atoms with Crippen LogP contribution < -0.4 is 10.6 Å². The number of nitrogens with zero attached hydrogens (tertiary/aromatic N) is 2. The summed E-state index contributed by atoms with van der Waals surface area (Å²) >= 11 is 0. The van der Waals surface area contributed by atoms with E-state index in [0.29, 0.717) is 11.7 Å². The Bertz CT molecular complexity index is 382. The molecule has 5 heteroatoms. The monoisotopic (exact) mass is 236 g/mol. The van der Waals surface area contributed by atoms with Crippen LogP contribution in [0.2, 0.25) is 0 Å². The maximum Gasteiger partial charge on any atom is 0.269 e. The number of hydrogen-bond donors (Lipinski definition) is 2. The maximum absolute atomic E-state index is 12.0. The molecule has 2 heterocycles. The lowest BCUT2D eigenvalue weighted by Crippen LogP contribution is -2.50. The number of piperidine rings is 1. The van der Waals surface area contributed by atoms with E-state index in [0.717, 1.165) is 13.0 Å². The van der Waals surface area contributed by atoms with E-state index < -0.39 is 0 Å². The van der Waals surface area contributed by atoms with Gasteiger partial charge in [-0.3, -0.25) is 4.79 Å². The summed E-state index contributed by atoms with van der Waals surface area (Å²) in [6.07, 6.45) is 6.84. The van der Waals surface area contributed by atoms with Crippen molar-refractivity contribution >= 4 is 5.91 Å². The number of carbonyl (C=O) groups excluding carboxylic acids is 1. The Morgan fingerprint density at radius 1 is 1.65 bits per heavy atom. The Morgan fingerprint density at radius 2 is 2.47 bits per heavy atom. The number of carbonyl (C=O) groups is 1. The Balaban J connectivity index is 1.92. The molecule has 2 N–H and O–H groups in total. The maximum atomic E-state index is 12.0. The smallest absolute Gasteiger partial charge is 0.269 e. The van der Waals surface area contributed by atoms with Crippen LogP contribution in [0.15, 0.2) is 12.5 Å². The summed E-state index contributed by atoms with van der Waals surface area (Å²) in [7, 11) is 1.82. The summed E-state index contributed by atoms with van der Waals surface area (Å²) in [6, 6.07) is 0.540. The predicted molar refractivity (Wildman–Crippen MR) is 65.8 cm³/mol. The van der Waals surface area contributed by atoms with Crippen molar-refractivity contribution in [3.63, 3.8) is 0 Å². The van der Waals surface area contributed by atoms with E-state index in [9.17, 15) is 4.79 Å². The molecule has 0 radical (unpaired) electrons. The van der Waals surface area contributed by atoms with E-state index >= 15 is 0 Å². The molecule has 1 aromatic rings. The zero-order chi connectivity index (χ0) is 12.3. The van der Waals surface area contributed by atoms with Crippen LogP contribution in [0.3, 0.4) is 0 Å². The Labute approximate surface area is 102 Å². The van der Waals surface area contributed by atoms with Gasteiger partial charge in [-0.05, 0) is 26.3 Å². The lowest BCUT2D eigenvalue weighted by atomic mass is 9.99. The van der Waals surface area contributed by atoms with Gasteiger partial charge >= 0.3 is 0 Å². The highest BCUT2D eigenvalue weighted by atomic mass is 16.2. The molecular weight excluding hydrogens is 216 g/mol. The Hall–Kier alpha value is -1.36. The fourth-order valence-corrected chi connectivity index (χ4v) is 2.26. The molecule has 2 unspecified atom stereocenters. The van der Waals surface area contributed by atoms with Crippen LogP contribution in [0, 0.1) is 0 Å². The lowest BCUT2D eigenvalue weighted by Gasteiger charge is -2.29. The second kappa shape index (κ2) is 5.31. The van der Waals surface area contributed by atoms with Crippen molar-refractivity contribution in [1.29, 1.82) is 0 Å². The second-order valence-corrected chi connectivity index (χ2v) is 4.71.